The molecule has 0 atom stereocenters. The topological polar surface area (TPSA) is 68.9 Å². The Morgan fingerprint density at radius 1 is 1.11 bits per heavy atom. The van der Waals surface area contributed by atoms with Crippen LogP contribution < -0.4 is 15.8 Å². The maximum Gasteiger partial charge on any atom is 0.193 e. The molecule has 0 amide bonds. The first-order chi connectivity index (χ1) is 12.7. The molecule has 27 heavy (non-hydrogen) atoms. The van der Waals surface area contributed by atoms with Crippen molar-refractivity contribution in [1.29, 1.82) is 0 Å². The van der Waals surface area contributed by atoms with Gasteiger partial charge in [0.1, 0.15) is 5.75 Å². The SMILES string of the molecule is COc1ccc(COCCCN=C(N)Nc2ccc3c(c2)CCC3)cc1.I. The minimum absolute atomic E-state index is 0. The van der Waals surface area contributed by atoms with Crippen LogP contribution in [0.5, 0.6) is 5.75 Å². The summed E-state index contributed by atoms with van der Waals surface area (Å²) in [5.41, 5.74) is 11.0. The molecular weight excluding hydrogens is 453 g/mol. The molecular formula is C21H28IN3O2. The maximum absolute atomic E-state index is 5.97. The van der Waals surface area contributed by atoms with Gasteiger partial charge in [0.2, 0.25) is 0 Å². The molecule has 0 fully saturated rings. The van der Waals surface area contributed by atoms with Gasteiger partial charge in [-0.3, -0.25) is 4.99 Å². The Morgan fingerprint density at radius 2 is 1.89 bits per heavy atom. The van der Waals surface area contributed by atoms with Crippen LogP contribution in [0.3, 0.4) is 0 Å². The van der Waals surface area contributed by atoms with Crippen LogP contribution in [0.25, 0.3) is 0 Å². The lowest BCUT2D eigenvalue weighted by Gasteiger charge is -2.08. The van der Waals surface area contributed by atoms with Gasteiger partial charge in [-0.15, -0.1) is 24.0 Å². The molecule has 1 aliphatic carbocycles. The lowest BCUT2D eigenvalue weighted by molar-refractivity contribution is 0.120. The van der Waals surface area contributed by atoms with Crippen LogP contribution >= 0.6 is 24.0 Å². The molecule has 3 rings (SSSR count). The molecule has 0 unspecified atom stereocenters. The fourth-order valence-electron chi connectivity index (χ4n) is 3.11. The second kappa shape index (κ2) is 11.1. The van der Waals surface area contributed by atoms with E-state index in [0.717, 1.165) is 29.8 Å². The van der Waals surface area contributed by atoms with Gasteiger partial charge in [0.05, 0.1) is 13.7 Å². The molecule has 3 N–H and O–H groups in total. The van der Waals surface area contributed by atoms with Crippen molar-refractivity contribution in [2.45, 2.75) is 32.3 Å². The van der Waals surface area contributed by atoms with Crippen LogP contribution in [0.15, 0.2) is 47.5 Å². The van der Waals surface area contributed by atoms with Gasteiger partial charge in [0, 0.05) is 18.8 Å². The summed E-state index contributed by atoms with van der Waals surface area (Å²) in [5.74, 6) is 1.31. The van der Waals surface area contributed by atoms with Gasteiger partial charge in [0.15, 0.2) is 5.96 Å². The van der Waals surface area contributed by atoms with Gasteiger partial charge in [-0.1, -0.05) is 18.2 Å². The zero-order valence-electron chi connectivity index (χ0n) is 15.7. The average molecular weight is 481 g/mol. The molecule has 5 nitrogen and oxygen atoms in total. The summed E-state index contributed by atoms with van der Waals surface area (Å²) >= 11 is 0. The number of hydrogen-bond donors (Lipinski definition) is 2. The zero-order chi connectivity index (χ0) is 18.2. The smallest absolute Gasteiger partial charge is 0.193 e. The standard InChI is InChI=1S/C21H27N3O2.HI/c1-25-20-10-6-16(7-11-20)15-26-13-3-12-23-21(22)24-19-9-8-17-4-2-5-18(17)14-19;/h6-11,14H,2-5,12-13,15H2,1H3,(H3,22,23,24);1H. The van der Waals surface area contributed by atoms with Gasteiger partial charge in [-0.05, 0) is 66.6 Å². The number of hydrogen-bond acceptors (Lipinski definition) is 3. The van der Waals surface area contributed by atoms with Crippen molar-refractivity contribution >= 4 is 35.6 Å². The van der Waals surface area contributed by atoms with E-state index in [-0.39, 0.29) is 24.0 Å². The van der Waals surface area contributed by atoms with E-state index >= 15 is 0 Å². The minimum atomic E-state index is 0. The molecule has 0 aliphatic heterocycles. The number of benzene rings is 2. The number of nitrogens with zero attached hydrogens (tertiary/aromatic N) is 1. The first kappa shape index (κ1) is 21.5. The normalized spacial score (nSPS) is 13.0. The van der Waals surface area contributed by atoms with Gasteiger partial charge in [0.25, 0.3) is 0 Å². The summed E-state index contributed by atoms with van der Waals surface area (Å²) in [6.07, 6.45) is 4.44. The fraction of sp³-hybridized carbons (Fsp3) is 0.381. The van der Waals surface area contributed by atoms with E-state index in [9.17, 15) is 0 Å². The summed E-state index contributed by atoms with van der Waals surface area (Å²) in [4.78, 5) is 4.37. The van der Waals surface area contributed by atoms with E-state index in [1.165, 1.54) is 24.0 Å². The first-order valence-corrected chi connectivity index (χ1v) is 9.14. The van der Waals surface area contributed by atoms with Gasteiger partial charge >= 0.3 is 0 Å². The molecule has 1 aliphatic rings. The predicted molar refractivity (Wildman–Crippen MR) is 121 cm³/mol. The van der Waals surface area contributed by atoms with Crippen LogP contribution in [0.4, 0.5) is 5.69 Å². The predicted octanol–water partition coefficient (Wildman–Crippen LogP) is 4.14. The molecule has 0 saturated heterocycles. The summed E-state index contributed by atoms with van der Waals surface area (Å²) < 4.78 is 10.8. The number of guanidine groups is 1. The van der Waals surface area contributed by atoms with Crippen molar-refractivity contribution in [3.63, 3.8) is 0 Å². The van der Waals surface area contributed by atoms with Gasteiger partial charge in [-0.25, -0.2) is 0 Å². The average Bonchev–Trinajstić information content (AvgIpc) is 3.13. The highest BCUT2D eigenvalue weighted by molar-refractivity contribution is 14.0. The summed E-state index contributed by atoms with van der Waals surface area (Å²) in [6.45, 7) is 1.89. The number of anilines is 1. The lowest BCUT2D eigenvalue weighted by Crippen LogP contribution is -2.23. The summed E-state index contributed by atoms with van der Waals surface area (Å²) in [7, 11) is 1.66. The van der Waals surface area contributed by atoms with Gasteiger partial charge < -0.3 is 20.5 Å². The number of nitrogens with two attached hydrogens (primary N) is 1. The molecule has 2 aromatic carbocycles. The van der Waals surface area contributed by atoms with Crippen LogP contribution in [0.2, 0.25) is 0 Å². The molecule has 0 spiro atoms. The van der Waals surface area contributed by atoms with Crippen molar-refractivity contribution in [2.24, 2.45) is 10.7 Å². The van der Waals surface area contributed by atoms with Gasteiger partial charge in [-0.2, -0.15) is 0 Å². The Bertz CT molecular complexity index is 748. The Balaban J connectivity index is 0.00000261. The quantitative estimate of drug-likeness (QED) is 0.258. The van der Waals surface area contributed by atoms with E-state index in [1.807, 2.05) is 24.3 Å². The highest BCUT2D eigenvalue weighted by Crippen LogP contribution is 2.24. The van der Waals surface area contributed by atoms with Crippen LogP contribution in [-0.2, 0) is 24.2 Å². The van der Waals surface area contributed by atoms with Crippen molar-refractivity contribution in [2.75, 3.05) is 25.6 Å². The summed E-state index contributed by atoms with van der Waals surface area (Å²) in [5, 5.41) is 3.17. The number of nitrogens with one attached hydrogen (secondary N) is 1. The van der Waals surface area contributed by atoms with Crippen molar-refractivity contribution in [3.05, 3.63) is 59.2 Å². The van der Waals surface area contributed by atoms with E-state index in [2.05, 4.69) is 28.5 Å². The van der Waals surface area contributed by atoms with E-state index in [1.54, 1.807) is 7.11 Å². The molecule has 0 radical (unpaired) electrons. The second-order valence-electron chi connectivity index (χ2n) is 6.48. The van der Waals surface area contributed by atoms with Crippen LogP contribution in [-0.4, -0.2) is 26.2 Å². The largest absolute Gasteiger partial charge is 0.497 e. The van der Waals surface area contributed by atoms with Crippen molar-refractivity contribution in [3.8, 4) is 5.75 Å². The Labute approximate surface area is 178 Å². The first-order valence-electron chi connectivity index (χ1n) is 9.14. The monoisotopic (exact) mass is 481 g/mol. The van der Waals surface area contributed by atoms with Crippen molar-refractivity contribution < 1.29 is 9.47 Å². The summed E-state index contributed by atoms with van der Waals surface area (Å²) in [6, 6.07) is 14.3. The highest BCUT2D eigenvalue weighted by Gasteiger charge is 2.10. The highest BCUT2D eigenvalue weighted by atomic mass is 127. The van der Waals surface area contributed by atoms with E-state index in [0.29, 0.717) is 25.7 Å². The molecule has 2 aromatic rings. The fourth-order valence-corrected chi connectivity index (χ4v) is 3.11. The third-order valence-corrected chi connectivity index (χ3v) is 4.53. The number of methoxy groups -OCH3 is 1. The number of halogens is 1. The molecule has 6 heteroatoms. The number of rotatable bonds is 8. The van der Waals surface area contributed by atoms with E-state index in [4.69, 9.17) is 15.2 Å². The van der Waals surface area contributed by atoms with Crippen LogP contribution in [0, 0.1) is 0 Å². The molecule has 0 saturated carbocycles. The van der Waals surface area contributed by atoms with Crippen LogP contribution in [0.1, 0.15) is 29.5 Å². The molecule has 0 bridgehead atoms. The lowest BCUT2D eigenvalue weighted by atomic mass is 10.1. The molecule has 0 heterocycles. The third kappa shape index (κ3) is 6.70. The number of fused-ring (bicyclic) bond motifs is 1. The Hall–Kier alpha value is -1.80. The Kier molecular flexibility index (Phi) is 8.87. The van der Waals surface area contributed by atoms with Crippen molar-refractivity contribution in [1.82, 2.24) is 0 Å². The maximum atomic E-state index is 5.97. The number of aliphatic imine (C=N–C) groups is 1. The Morgan fingerprint density at radius 3 is 2.67 bits per heavy atom. The van der Waals surface area contributed by atoms with E-state index < -0.39 is 0 Å². The zero-order valence-corrected chi connectivity index (χ0v) is 18.1. The number of aryl methyl sites for hydroxylation is 2. The second-order valence-corrected chi connectivity index (χ2v) is 6.48. The molecule has 0 aromatic heterocycles. The molecule has 146 valence electrons. The third-order valence-electron chi connectivity index (χ3n) is 4.53. The minimum Gasteiger partial charge on any atom is -0.497 e. The number of ether oxygens (including phenoxy) is 2.